The van der Waals surface area contributed by atoms with Gasteiger partial charge in [0, 0.05) is 12.8 Å². The summed E-state index contributed by atoms with van der Waals surface area (Å²) >= 11 is 0. The maximum Gasteiger partial charge on any atom is 0.243 e. The Morgan fingerprint density at radius 3 is 1.67 bits per heavy atom. The third-order valence-corrected chi connectivity index (χ3v) is 9.62. The first-order valence-electron chi connectivity index (χ1n) is 18.4. The van der Waals surface area contributed by atoms with E-state index in [-0.39, 0.29) is 42.0 Å². The van der Waals surface area contributed by atoms with Crippen molar-refractivity contribution in [2.45, 2.75) is 116 Å². The van der Waals surface area contributed by atoms with Crippen LogP contribution in [0.25, 0.3) is 0 Å². The number of carbonyl (C=O) groups is 4. The Morgan fingerprint density at radius 1 is 0.667 bits per heavy atom. The molecule has 274 valence electrons. The average molecular weight is 700 g/mol. The number of rotatable bonds is 9. The minimum atomic E-state index is -0.938. The van der Waals surface area contributed by atoms with Gasteiger partial charge in [0.1, 0.15) is 24.2 Å². The number of amides is 4. The van der Waals surface area contributed by atoms with Gasteiger partial charge in [0.15, 0.2) is 0 Å². The lowest BCUT2D eigenvalue weighted by atomic mass is 9.98. The molecule has 0 spiro atoms. The Kier molecular flexibility index (Phi) is 13.0. The molecule has 1 fully saturated rings. The molecule has 5 rings (SSSR count). The summed E-state index contributed by atoms with van der Waals surface area (Å²) in [5.41, 5.74) is 1.83. The van der Waals surface area contributed by atoms with Gasteiger partial charge in [-0.3, -0.25) is 24.1 Å². The monoisotopic (exact) mass is 699 g/mol. The Balaban J connectivity index is 1.56. The lowest BCUT2D eigenvalue weighted by Crippen LogP contribution is -2.58. The molecule has 2 aliphatic rings. The lowest BCUT2D eigenvalue weighted by molar-refractivity contribution is -0.135. The second kappa shape index (κ2) is 17.6. The van der Waals surface area contributed by atoms with Crippen LogP contribution in [0.1, 0.15) is 102 Å². The van der Waals surface area contributed by atoms with Crippen molar-refractivity contribution >= 4 is 23.6 Å². The summed E-state index contributed by atoms with van der Waals surface area (Å²) in [6.45, 7) is 10.6. The Bertz CT molecular complexity index is 1610. The van der Waals surface area contributed by atoms with Crippen LogP contribution in [0.2, 0.25) is 0 Å². The predicted molar refractivity (Wildman–Crippen MR) is 193 cm³/mol. The number of nitrogens with zero attached hydrogens (tertiary/aromatic N) is 3. The van der Waals surface area contributed by atoms with Crippen LogP contribution in [0.15, 0.2) is 65.1 Å². The van der Waals surface area contributed by atoms with E-state index < -0.39 is 42.0 Å². The molecule has 3 heterocycles. The Labute approximate surface area is 300 Å². The van der Waals surface area contributed by atoms with Crippen LogP contribution in [-0.2, 0) is 32.0 Å². The molecule has 2 aromatic carbocycles. The number of hydrogen-bond donors (Lipinski definition) is 4. The Hall–Kier alpha value is -4.58. The maximum absolute atomic E-state index is 14.1. The molecule has 12 nitrogen and oxygen atoms in total. The van der Waals surface area contributed by atoms with Gasteiger partial charge in [0.05, 0.1) is 12.1 Å². The van der Waals surface area contributed by atoms with E-state index in [0.717, 1.165) is 17.5 Å². The molecule has 2 aliphatic heterocycles. The van der Waals surface area contributed by atoms with Gasteiger partial charge in [-0.2, -0.15) is 0 Å². The minimum Gasteiger partial charge on any atom is -0.421 e. The van der Waals surface area contributed by atoms with E-state index in [0.29, 0.717) is 44.5 Å². The largest absolute Gasteiger partial charge is 0.421 e. The molecule has 0 saturated carbocycles. The van der Waals surface area contributed by atoms with Crippen LogP contribution in [0.3, 0.4) is 0 Å². The van der Waals surface area contributed by atoms with E-state index >= 15 is 0 Å². The fourth-order valence-electron chi connectivity index (χ4n) is 7.12. The molecule has 12 heteroatoms. The highest BCUT2D eigenvalue weighted by molar-refractivity contribution is 5.95. The van der Waals surface area contributed by atoms with Gasteiger partial charge in [-0.1, -0.05) is 95.3 Å². The molecule has 4 N–H and O–H groups in total. The summed E-state index contributed by atoms with van der Waals surface area (Å²) in [7, 11) is 0. The highest BCUT2D eigenvalue weighted by Crippen LogP contribution is 2.32. The first-order valence-corrected chi connectivity index (χ1v) is 18.4. The normalized spacial score (nSPS) is 25.4. The molecular formula is C39H53N7O5. The van der Waals surface area contributed by atoms with E-state index in [9.17, 15) is 19.2 Å². The molecule has 0 radical (unpaired) electrons. The van der Waals surface area contributed by atoms with Crippen molar-refractivity contribution in [1.29, 1.82) is 0 Å². The van der Waals surface area contributed by atoms with Gasteiger partial charge >= 0.3 is 0 Å². The fraction of sp³-hybridized carbons (Fsp3) is 0.538. The van der Waals surface area contributed by atoms with Crippen LogP contribution in [0, 0.1) is 11.8 Å². The van der Waals surface area contributed by atoms with Gasteiger partial charge in [0.2, 0.25) is 35.4 Å². The molecule has 51 heavy (non-hydrogen) atoms. The number of nitrogens with one attached hydrogen (secondary N) is 4. The molecule has 1 aromatic heterocycles. The topological polar surface area (TPSA) is 159 Å². The summed E-state index contributed by atoms with van der Waals surface area (Å²) in [5.74, 6) is -0.820. The lowest BCUT2D eigenvalue weighted by Gasteiger charge is -2.31. The number of fused-ring (bicyclic) bond motifs is 3. The van der Waals surface area contributed by atoms with Gasteiger partial charge in [-0.05, 0) is 61.6 Å². The van der Waals surface area contributed by atoms with Crippen molar-refractivity contribution in [3.8, 4) is 0 Å². The zero-order chi connectivity index (χ0) is 36.5. The molecule has 6 atom stereocenters. The molecule has 0 aliphatic carbocycles. The van der Waals surface area contributed by atoms with Gasteiger partial charge < -0.3 is 25.7 Å². The van der Waals surface area contributed by atoms with E-state index in [4.69, 9.17) is 4.42 Å². The van der Waals surface area contributed by atoms with E-state index in [1.54, 1.807) is 0 Å². The summed E-state index contributed by atoms with van der Waals surface area (Å²) in [4.78, 5) is 58.4. The van der Waals surface area contributed by atoms with Crippen LogP contribution in [-0.4, -0.2) is 69.4 Å². The zero-order valence-electron chi connectivity index (χ0n) is 30.4. The highest BCUT2D eigenvalue weighted by atomic mass is 16.4. The Morgan fingerprint density at radius 2 is 1.14 bits per heavy atom. The smallest absolute Gasteiger partial charge is 0.243 e. The van der Waals surface area contributed by atoms with Crippen LogP contribution >= 0.6 is 0 Å². The van der Waals surface area contributed by atoms with E-state index in [1.807, 2.05) is 95.3 Å². The van der Waals surface area contributed by atoms with E-state index in [2.05, 4.69) is 36.4 Å². The first kappa shape index (κ1) is 37.7. The predicted octanol–water partition coefficient (Wildman–Crippen LogP) is 4.19. The van der Waals surface area contributed by atoms with Gasteiger partial charge in [0.25, 0.3) is 0 Å². The summed E-state index contributed by atoms with van der Waals surface area (Å²) < 4.78 is 6.36. The molecule has 1 saturated heterocycles. The van der Waals surface area contributed by atoms with Gasteiger partial charge in [-0.25, -0.2) is 0 Å². The number of hydrogen-bond acceptors (Lipinski definition) is 8. The summed E-state index contributed by atoms with van der Waals surface area (Å²) in [6.07, 6.45) is 3.33. The van der Waals surface area contributed by atoms with Crippen molar-refractivity contribution < 1.29 is 23.6 Å². The summed E-state index contributed by atoms with van der Waals surface area (Å²) in [5, 5.41) is 21.0. The van der Waals surface area contributed by atoms with Crippen molar-refractivity contribution in [1.82, 2.24) is 36.4 Å². The van der Waals surface area contributed by atoms with E-state index in [1.165, 1.54) is 0 Å². The maximum atomic E-state index is 14.1. The first-order chi connectivity index (χ1) is 24.5. The van der Waals surface area contributed by atoms with Crippen molar-refractivity contribution in [3.05, 3.63) is 83.6 Å². The molecule has 1 unspecified atom stereocenters. The quantitative estimate of drug-likeness (QED) is 0.259. The summed E-state index contributed by atoms with van der Waals surface area (Å²) in [6, 6.07) is 14.9. The molecule has 4 amide bonds. The van der Waals surface area contributed by atoms with Crippen LogP contribution < -0.4 is 21.3 Å². The third-order valence-electron chi connectivity index (χ3n) is 9.62. The fourth-order valence-corrected chi connectivity index (χ4v) is 7.12. The van der Waals surface area contributed by atoms with Crippen molar-refractivity contribution in [2.75, 3.05) is 6.54 Å². The average Bonchev–Trinajstić information content (AvgIpc) is 3.79. The van der Waals surface area contributed by atoms with Crippen LogP contribution in [0.4, 0.5) is 0 Å². The molecule has 3 aromatic rings. The minimum absolute atomic E-state index is 0.0541. The number of benzene rings is 2. The zero-order valence-corrected chi connectivity index (χ0v) is 30.4. The molecule has 2 bridgehead atoms. The second-order valence-electron chi connectivity index (χ2n) is 14.7. The highest BCUT2D eigenvalue weighted by Gasteiger charge is 2.40. The number of aromatic nitrogens is 2. The van der Waals surface area contributed by atoms with Crippen molar-refractivity contribution in [2.24, 2.45) is 11.8 Å². The third kappa shape index (κ3) is 10.0. The van der Waals surface area contributed by atoms with Crippen LogP contribution in [0.5, 0.6) is 0 Å². The van der Waals surface area contributed by atoms with Gasteiger partial charge in [-0.15, -0.1) is 10.2 Å². The number of carbonyl (C=O) groups excluding carboxylic acids is 4. The molecular weight excluding hydrogens is 646 g/mol. The standard InChI is InChI=1S/C39H53N7O5/c1-6-32-39-45-44-38(51-39)31(23-27-16-11-8-12-17-27)43-35(48)29(21-25(4)5)40-34(47)28(20-24(2)3)41-36(49)30(22-26-14-9-7-10-15-26)42-37(50)33-18-13-19-46(32)33/h7-12,14-17,24-25,28-33H,6,13,18-23H2,1-5H3,(H,40,47)(H,41,49)(H,42,50)(H,43,48)/t28-,29-,30-,31-,32?,33-/m0/s1. The van der Waals surface area contributed by atoms with Crippen molar-refractivity contribution in [3.63, 3.8) is 0 Å². The second-order valence-corrected chi connectivity index (χ2v) is 14.7. The SMILES string of the molecule is CCC1c2nnc(o2)[C@H](Cc2ccccc2)NC(=O)[C@H](CC(C)C)NC(=O)[C@H](CC(C)C)NC(=O)[C@H](Cc2ccccc2)NC(=O)[C@@H]2CCCN12.